The molecule has 0 unspecified atom stereocenters. The van der Waals surface area contributed by atoms with Crippen LogP contribution in [-0.2, 0) is 0 Å². The third-order valence-corrected chi connectivity index (χ3v) is 3.87. The number of hydrogen-bond donors (Lipinski definition) is 2. The Balaban J connectivity index is 2.32. The first-order valence-corrected chi connectivity index (χ1v) is 7.76. The van der Waals surface area contributed by atoms with Crippen molar-refractivity contribution in [3.63, 3.8) is 0 Å². The SMILES string of the molecule is CCN(CC)c1nc(NN)nc(Sc2cccc(Cl)c2)n1. The highest BCUT2D eigenvalue weighted by Crippen LogP contribution is 2.28. The van der Waals surface area contributed by atoms with Gasteiger partial charge in [-0.15, -0.1) is 0 Å². The van der Waals surface area contributed by atoms with Crippen molar-refractivity contribution in [1.29, 1.82) is 0 Å². The summed E-state index contributed by atoms with van der Waals surface area (Å²) in [6.07, 6.45) is 0. The fraction of sp³-hybridized carbons (Fsp3) is 0.308. The molecule has 0 radical (unpaired) electrons. The number of nitrogen functional groups attached to an aromatic ring is 1. The van der Waals surface area contributed by atoms with Crippen LogP contribution in [0, 0.1) is 0 Å². The molecule has 0 saturated carbocycles. The normalized spacial score (nSPS) is 10.5. The number of halogens is 1. The van der Waals surface area contributed by atoms with Crippen molar-refractivity contribution in [3.05, 3.63) is 29.3 Å². The summed E-state index contributed by atoms with van der Waals surface area (Å²) >= 11 is 7.40. The minimum absolute atomic E-state index is 0.344. The first kappa shape index (κ1) is 15.8. The molecule has 0 spiro atoms. The molecule has 0 atom stereocenters. The number of anilines is 2. The van der Waals surface area contributed by atoms with Crippen molar-refractivity contribution >= 4 is 35.3 Å². The van der Waals surface area contributed by atoms with Crippen LogP contribution in [-0.4, -0.2) is 28.0 Å². The zero-order valence-corrected chi connectivity index (χ0v) is 13.4. The van der Waals surface area contributed by atoms with E-state index in [9.17, 15) is 0 Å². The molecule has 0 aliphatic heterocycles. The second-order valence-electron chi connectivity index (χ2n) is 4.12. The lowest BCUT2D eigenvalue weighted by atomic mass is 10.4. The summed E-state index contributed by atoms with van der Waals surface area (Å²) in [4.78, 5) is 16.0. The van der Waals surface area contributed by atoms with E-state index in [0.717, 1.165) is 18.0 Å². The van der Waals surface area contributed by atoms with Gasteiger partial charge >= 0.3 is 0 Å². The average molecular weight is 325 g/mol. The molecule has 1 aromatic heterocycles. The lowest BCUT2D eigenvalue weighted by molar-refractivity contribution is 0.783. The van der Waals surface area contributed by atoms with Crippen LogP contribution in [0.15, 0.2) is 34.3 Å². The van der Waals surface area contributed by atoms with Gasteiger partial charge in [-0.05, 0) is 43.8 Å². The summed E-state index contributed by atoms with van der Waals surface area (Å²) in [6.45, 7) is 5.72. The number of rotatable bonds is 6. The number of hydrazine groups is 1. The van der Waals surface area contributed by atoms with Crippen molar-refractivity contribution in [1.82, 2.24) is 15.0 Å². The van der Waals surface area contributed by atoms with Crippen LogP contribution in [0.1, 0.15) is 13.8 Å². The Labute approximate surface area is 133 Å². The Morgan fingerprint density at radius 1 is 1.24 bits per heavy atom. The van der Waals surface area contributed by atoms with Gasteiger partial charge in [-0.2, -0.15) is 15.0 Å². The van der Waals surface area contributed by atoms with Crippen molar-refractivity contribution in [3.8, 4) is 0 Å². The van der Waals surface area contributed by atoms with E-state index in [1.807, 2.05) is 43.0 Å². The smallest absolute Gasteiger partial charge is 0.242 e. The Hall–Kier alpha value is -1.57. The van der Waals surface area contributed by atoms with Gasteiger partial charge in [-0.3, -0.25) is 5.43 Å². The van der Waals surface area contributed by atoms with Crippen molar-refractivity contribution in [2.24, 2.45) is 5.84 Å². The van der Waals surface area contributed by atoms with Gasteiger partial charge in [-0.25, -0.2) is 5.84 Å². The Kier molecular flexibility index (Phi) is 5.60. The topological polar surface area (TPSA) is 80.0 Å². The van der Waals surface area contributed by atoms with Gasteiger partial charge in [-0.1, -0.05) is 17.7 Å². The summed E-state index contributed by atoms with van der Waals surface area (Å²) in [5, 5.41) is 1.25. The highest BCUT2D eigenvalue weighted by molar-refractivity contribution is 7.99. The maximum atomic E-state index is 5.99. The van der Waals surface area contributed by atoms with E-state index in [4.69, 9.17) is 17.4 Å². The van der Waals surface area contributed by atoms with E-state index in [-0.39, 0.29) is 0 Å². The molecule has 0 aliphatic rings. The summed E-state index contributed by atoms with van der Waals surface area (Å²) in [6, 6.07) is 7.53. The first-order valence-electron chi connectivity index (χ1n) is 6.57. The maximum absolute atomic E-state index is 5.99. The zero-order chi connectivity index (χ0) is 15.2. The quantitative estimate of drug-likeness (QED) is 0.624. The minimum Gasteiger partial charge on any atom is -0.341 e. The van der Waals surface area contributed by atoms with Gasteiger partial charge in [0, 0.05) is 23.0 Å². The van der Waals surface area contributed by atoms with E-state index < -0.39 is 0 Å². The van der Waals surface area contributed by atoms with Gasteiger partial charge in [0.1, 0.15) is 0 Å². The second kappa shape index (κ2) is 7.44. The summed E-state index contributed by atoms with van der Waals surface area (Å²) < 4.78 is 0. The minimum atomic E-state index is 0.344. The highest BCUT2D eigenvalue weighted by atomic mass is 35.5. The van der Waals surface area contributed by atoms with E-state index in [1.165, 1.54) is 11.8 Å². The molecule has 2 aromatic rings. The zero-order valence-electron chi connectivity index (χ0n) is 11.9. The molecule has 0 amide bonds. The fourth-order valence-corrected chi connectivity index (χ4v) is 2.80. The van der Waals surface area contributed by atoms with Gasteiger partial charge in [0.15, 0.2) is 5.16 Å². The molecule has 21 heavy (non-hydrogen) atoms. The van der Waals surface area contributed by atoms with Gasteiger partial charge < -0.3 is 4.90 Å². The number of aromatic nitrogens is 3. The summed E-state index contributed by atoms with van der Waals surface area (Å²) in [7, 11) is 0. The lowest BCUT2D eigenvalue weighted by Crippen LogP contribution is -2.25. The standard InChI is InChI=1S/C13H17ClN6S/c1-3-20(4-2)12-16-11(19-15)17-13(18-12)21-10-7-5-6-9(14)8-10/h5-8H,3-4,15H2,1-2H3,(H,16,17,18,19). The molecule has 8 heteroatoms. The Morgan fingerprint density at radius 2 is 2.00 bits per heavy atom. The molecule has 0 saturated heterocycles. The maximum Gasteiger partial charge on any atom is 0.242 e. The Morgan fingerprint density at radius 3 is 2.62 bits per heavy atom. The second-order valence-corrected chi connectivity index (χ2v) is 5.59. The third kappa shape index (κ3) is 4.20. The molecule has 0 fully saturated rings. The van der Waals surface area contributed by atoms with Crippen LogP contribution in [0.3, 0.4) is 0 Å². The monoisotopic (exact) mass is 324 g/mol. The van der Waals surface area contributed by atoms with Crippen LogP contribution < -0.4 is 16.2 Å². The molecule has 0 bridgehead atoms. The van der Waals surface area contributed by atoms with Gasteiger partial charge in [0.2, 0.25) is 11.9 Å². The van der Waals surface area contributed by atoms with Crippen LogP contribution in [0.25, 0.3) is 0 Å². The number of nitrogens with two attached hydrogens (primary N) is 1. The largest absolute Gasteiger partial charge is 0.341 e. The fourth-order valence-electron chi connectivity index (χ4n) is 1.74. The molecule has 3 N–H and O–H groups in total. The van der Waals surface area contributed by atoms with E-state index in [2.05, 4.69) is 20.4 Å². The number of nitrogens with zero attached hydrogens (tertiary/aromatic N) is 4. The van der Waals surface area contributed by atoms with Crippen LogP contribution in [0.4, 0.5) is 11.9 Å². The van der Waals surface area contributed by atoms with Crippen molar-refractivity contribution in [2.45, 2.75) is 23.9 Å². The Bertz CT molecular complexity index is 605. The molecule has 1 aromatic carbocycles. The van der Waals surface area contributed by atoms with Crippen LogP contribution >= 0.6 is 23.4 Å². The summed E-state index contributed by atoms with van der Waals surface area (Å²) in [5.74, 6) is 6.38. The van der Waals surface area contributed by atoms with Crippen LogP contribution in [0.2, 0.25) is 5.02 Å². The lowest BCUT2D eigenvalue weighted by Gasteiger charge is -2.19. The molecular formula is C13H17ClN6S. The number of benzene rings is 1. The van der Waals surface area contributed by atoms with E-state index in [0.29, 0.717) is 22.1 Å². The highest BCUT2D eigenvalue weighted by Gasteiger charge is 2.11. The average Bonchev–Trinajstić information content (AvgIpc) is 2.48. The van der Waals surface area contributed by atoms with Gasteiger partial charge in [0.25, 0.3) is 0 Å². The molecule has 2 rings (SSSR count). The molecule has 112 valence electrons. The molecule has 0 aliphatic carbocycles. The van der Waals surface area contributed by atoms with Crippen LogP contribution in [0.5, 0.6) is 0 Å². The molecule has 6 nitrogen and oxygen atoms in total. The third-order valence-electron chi connectivity index (χ3n) is 2.78. The number of nitrogens with one attached hydrogen (secondary N) is 1. The number of hydrogen-bond acceptors (Lipinski definition) is 7. The van der Waals surface area contributed by atoms with Crippen molar-refractivity contribution < 1.29 is 0 Å². The predicted octanol–water partition coefficient (Wildman–Crippen LogP) is 2.81. The summed E-state index contributed by atoms with van der Waals surface area (Å²) in [5.41, 5.74) is 2.48. The van der Waals surface area contributed by atoms with E-state index >= 15 is 0 Å². The predicted molar refractivity (Wildman–Crippen MR) is 86.8 cm³/mol. The molecule has 1 heterocycles. The van der Waals surface area contributed by atoms with Gasteiger partial charge in [0.05, 0.1) is 0 Å². The van der Waals surface area contributed by atoms with Crippen molar-refractivity contribution in [2.75, 3.05) is 23.4 Å². The van der Waals surface area contributed by atoms with E-state index in [1.54, 1.807) is 0 Å². The molecular weight excluding hydrogens is 308 g/mol. The first-order chi connectivity index (χ1) is 10.2.